The lowest BCUT2D eigenvalue weighted by Crippen LogP contribution is -2.31. The maximum absolute atomic E-state index is 5.82. The third-order valence-corrected chi connectivity index (χ3v) is 3.14. The molecule has 0 aromatic rings. The minimum Gasteiger partial charge on any atom is -0.380 e. The summed E-state index contributed by atoms with van der Waals surface area (Å²) in [6.45, 7) is 15.7. The molecule has 0 aromatic carbocycles. The van der Waals surface area contributed by atoms with E-state index in [1.165, 1.54) is 12.8 Å². The van der Waals surface area contributed by atoms with E-state index in [9.17, 15) is 0 Å². The van der Waals surface area contributed by atoms with Gasteiger partial charge in [0.15, 0.2) is 0 Å². The largest absolute Gasteiger partial charge is 0.380 e. The predicted molar refractivity (Wildman–Crippen MR) is 71.5 cm³/mol. The van der Waals surface area contributed by atoms with Gasteiger partial charge < -0.3 is 10.5 Å². The van der Waals surface area contributed by atoms with Crippen LogP contribution in [0, 0.1) is 16.7 Å². The van der Waals surface area contributed by atoms with Crippen molar-refractivity contribution in [2.75, 3.05) is 19.8 Å². The molecule has 0 aliphatic rings. The van der Waals surface area contributed by atoms with Crippen LogP contribution >= 0.6 is 0 Å². The van der Waals surface area contributed by atoms with Gasteiger partial charge in [0.2, 0.25) is 0 Å². The maximum Gasteiger partial charge on any atom is 0.0529 e. The Hall–Kier alpha value is -0.0800. The van der Waals surface area contributed by atoms with Crippen LogP contribution < -0.4 is 5.73 Å². The van der Waals surface area contributed by atoms with E-state index in [4.69, 9.17) is 10.5 Å². The van der Waals surface area contributed by atoms with Gasteiger partial charge in [-0.15, -0.1) is 0 Å². The van der Waals surface area contributed by atoms with Crippen LogP contribution in [0.2, 0.25) is 0 Å². The molecular formula is C14H31NO. The summed E-state index contributed by atoms with van der Waals surface area (Å²) < 4.78 is 5.82. The summed E-state index contributed by atoms with van der Waals surface area (Å²) in [7, 11) is 0. The Balaban J connectivity index is 3.90. The van der Waals surface area contributed by atoms with E-state index in [0.717, 1.165) is 19.1 Å². The summed E-state index contributed by atoms with van der Waals surface area (Å²) in [5, 5.41) is 0. The van der Waals surface area contributed by atoms with Gasteiger partial charge in [-0.25, -0.2) is 0 Å². The lowest BCUT2D eigenvalue weighted by molar-refractivity contribution is 0.0101. The molecule has 1 unspecified atom stereocenters. The highest BCUT2D eigenvalue weighted by molar-refractivity contribution is 4.73. The topological polar surface area (TPSA) is 35.2 Å². The van der Waals surface area contributed by atoms with E-state index in [2.05, 4.69) is 41.5 Å². The van der Waals surface area contributed by atoms with Crippen molar-refractivity contribution < 1.29 is 4.74 Å². The van der Waals surface area contributed by atoms with Crippen molar-refractivity contribution in [3.8, 4) is 0 Å². The second-order valence-corrected chi connectivity index (χ2v) is 6.74. The minimum absolute atomic E-state index is 0.104. The Bertz CT molecular complexity index is 187. The SMILES string of the molecule is CCC(C)CC(C)(C)COCC(C)(C)CN. The van der Waals surface area contributed by atoms with Crippen LogP contribution in [0.5, 0.6) is 0 Å². The summed E-state index contributed by atoms with van der Waals surface area (Å²) in [4.78, 5) is 0. The van der Waals surface area contributed by atoms with Gasteiger partial charge in [-0.1, -0.05) is 48.0 Å². The van der Waals surface area contributed by atoms with Crippen LogP contribution in [0.25, 0.3) is 0 Å². The van der Waals surface area contributed by atoms with Gasteiger partial charge in [0, 0.05) is 5.41 Å². The van der Waals surface area contributed by atoms with Gasteiger partial charge in [-0.3, -0.25) is 0 Å². The summed E-state index contributed by atoms with van der Waals surface area (Å²) in [5.41, 5.74) is 6.06. The van der Waals surface area contributed by atoms with Crippen molar-refractivity contribution in [2.24, 2.45) is 22.5 Å². The zero-order valence-corrected chi connectivity index (χ0v) is 12.1. The highest BCUT2D eigenvalue weighted by Gasteiger charge is 2.23. The van der Waals surface area contributed by atoms with Crippen molar-refractivity contribution in [1.82, 2.24) is 0 Å². The first-order valence-corrected chi connectivity index (χ1v) is 6.50. The minimum atomic E-state index is 0.104. The highest BCUT2D eigenvalue weighted by atomic mass is 16.5. The second kappa shape index (κ2) is 6.61. The molecule has 0 fully saturated rings. The third-order valence-electron chi connectivity index (χ3n) is 3.14. The first-order chi connectivity index (χ1) is 7.22. The number of hydrogen-bond acceptors (Lipinski definition) is 2. The van der Waals surface area contributed by atoms with E-state index in [1.807, 2.05) is 0 Å². The molecule has 0 bridgehead atoms. The molecule has 98 valence electrons. The number of ether oxygens (including phenoxy) is 1. The standard InChI is InChI=1S/C14H31NO/c1-7-12(2)8-13(3,4)10-16-11-14(5,6)9-15/h12H,7-11,15H2,1-6H3. The lowest BCUT2D eigenvalue weighted by Gasteiger charge is -2.30. The van der Waals surface area contributed by atoms with Crippen LogP contribution in [0.1, 0.15) is 54.4 Å². The molecule has 0 saturated heterocycles. The molecular weight excluding hydrogens is 198 g/mol. The van der Waals surface area contributed by atoms with Crippen molar-refractivity contribution in [3.05, 3.63) is 0 Å². The summed E-state index contributed by atoms with van der Waals surface area (Å²) in [6, 6.07) is 0. The molecule has 0 aromatic heterocycles. The molecule has 2 N–H and O–H groups in total. The van der Waals surface area contributed by atoms with E-state index in [1.54, 1.807) is 0 Å². The van der Waals surface area contributed by atoms with Crippen LogP contribution in [0.15, 0.2) is 0 Å². The molecule has 0 radical (unpaired) electrons. The number of rotatable bonds is 8. The number of nitrogens with two attached hydrogens (primary N) is 1. The predicted octanol–water partition coefficient (Wildman–Crippen LogP) is 3.45. The average Bonchev–Trinajstić information content (AvgIpc) is 2.16. The summed E-state index contributed by atoms with van der Waals surface area (Å²) in [6.07, 6.45) is 2.48. The van der Waals surface area contributed by atoms with Gasteiger partial charge in [0.05, 0.1) is 13.2 Å². The zero-order chi connectivity index (χ0) is 12.8. The molecule has 2 heteroatoms. The Labute approximate surface area is 102 Å². The van der Waals surface area contributed by atoms with Crippen molar-refractivity contribution in [1.29, 1.82) is 0 Å². The molecule has 16 heavy (non-hydrogen) atoms. The summed E-state index contributed by atoms with van der Waals surface area (Å²) >= 11 is 0. The molecule has 0 aliphatic heterocycles. The van der Waals surface area contributed by atoms with Gasteiger partial charge >= 0.3 is 0 Å². The monoisotopic (exact) mass is 229 g/mol. The molecule has 2 nitrogen and oxygen atoms in total. The average molecular weight is 229 g/mol. The Morgan fingerprint density at radius 3 is 2.00 bits per heavy atom. The van der Waals surface area contributed by atoms with Crippen LogP contribution in [0.3, 0.4) is 0 Å². The highest BCUT2D eigenvalue weighted by Crippen LogP contribution is 2.28. The zero-order valence-electron chi connectivity index (χ0n) is 12.1. The molecule has 0 amide bonds. The second-order valence-electron chi connectivity index (χ2n) is 6.74. The fourth-order valence-electron chi connectivity index (χ4n) is 1.81. The Kier molecular flexibility index (Phi) is 6.57. The fraction of sp³-hybridized carbons (Fsp3) is 1.00. The van der Waals surface area contributed by atoms with Crippen LogP contribution in [-0.4, -0.2) is 19.8 Å². The molecule has 1 atom stereocenters. The van der Waals surface area contributed by atoms with Gasteiger partial charge in [0.1, 0.15) is 0 Å². The first-order valence-electron chi connectivity index (χ1n) is 6.50. The van der Waals surface area contributed by atoms with Crippen LogP contribution in [0.4, 0.5) is 0 Å². The fourth-order valence-corrected chi connectivity index (χ4v) is 1.81. The van der Waals surface area contributed by atoms with Crippen LogP contribution in [-0.2, 0) is 4.74 Å². The molecule has 0 rings (SSSR count). The Morgan fingerprint density at radius 1 is 1.06 bits per heavy atom. The van der Waals surface area contributed by atoms with Crippen molar-refractivity contribution in [3.63, 3.8) is 0 Å². The van der Waals surface area contributed by atoms with E-state index in [0.29, 0.717) is 6.54 Å². The van der Waals surface area contributed by atoms with Gasteiger partial charge in [-0.2, -0.15) is 0 Å². The van der Waals surface area contributed by atoms with E-state index in [-0.39, 0.29) is 10.8 Å². The lowest BCUT2D eigenvalue weighted by atomic mass is 9.83. The third kappa shape index (κ3) is 7.24. The Morgan fingerprint density at radius 2 is 1.56 bits per heavy atom. The smallest absolute Gasteiger partial charge is 0.0529 e. The number of hydrogen-bond donors (Lipinski definition) is 1. The molecule has 0 saturated carbocycles. The maximum atomic E-state index is 5.82. The normalized spacial score (nSPS) is 15.2. The molecule has 0 spiro atoms. The van der Waals surface area contributed by atoms with Crippen molar-refractivity contribution in [2.45, 2.75) is 54.4 Å². The van der Waals surface area contributed by atoms with Gasteiger partial charge in [0.25, 0.3) is 0 Å². The molecule has 0 aliphatic carbocycles. The van der Waals surface area contributed by atoms with E-state index < -0.39 is 0 Å². The van der Waals surface area contributed by atoms with E-state index >= 15 is 0 Å². The molecule has 0 heterocycles. The van der Waals surface area contributed by atoms with Crippen molar-refractivity contribution >= 4 is 0 Å². The van der Waals surface area contributed by atoms with Gasteiger partial charge in [-0.05, 0) is 24.3 Å². The summed E-state index contributed by atoms with van der Waals surface area (Å²) in [5.74, 6) is 0.779. The quantitative estimate of drug-likeness (QED) is 0.692. The first kappa shape index (κ1) is 15.9.